The third-order valence-electron chi connectivity index (χ3n) is 2.66. The number of halogens is 1. The maximum Gasteiger partial charge on any atom is 0.218 e. The molecule has 17 heavy (non-hydrogen) atoms. The average molecular weight is 258 g/mol. The van der Waals surface area contributed by atoms with Gasteiger partial charge in [-0.05, 0) is 6.92 Å². The molecule has 94 valence electrons. The Hall–Kier alpha value is -1.07. The smallest absolute Gasteiger partial charge is 0.218 e. The van der Waals surface area contributed by atoms with Crippen LogP contribution in [0.3, 0.4) is 0 Å². The Morgan fingerprint density at radius 3 is 3.06 bits per heavy atom. The molecule has 0 aromatic carbocycles. The zero-order valence-corrected chi connectivity index (χ0v) is 10.7. The molecule has 0 saturated carbocycles. The lowest BCUT2D eigenvalue weighted by atomic mass is 10.2. The molecular weight excluding hydrogens is 242 g/mol. The van der Waals surface area contributed by atoms with Crippen LogP contribution in [-0.2, 0) is 4.74 Å². The molecule has 2 rings (SSSR count). The Labute approximate surface area is 106 Å². The first-order chi connectivity index (χ1) is 8.22. The Morgan fingerprint density at radius 1 is 1.53 bits per heavy atom. The second-order valence-corrected chi connectivity index (χ2v) is 4.36. The van der Waals surface area contributed by atoms with Crippen molar-refractivity contribution in [1.29, 1.82) is 0 Å². The summed E-state index contributed by atoms with van der Waals surface area (Å²) in [6.45, 7) is 3.58. The molecule has 0 bridgehead atoms. The largest absolute Gasteiger partial charge is 0.481 e. The van der Waals surface area contributed by atoms with Gasteiger partial charge in [0.25, 0.3) is 0 Å². The molecule has 1 aliphatic rings. The molecule has 6 heteroatoms. The van der Waals surface area contributed by atoms with Crippen molar-refractivity contribution in [3.63, 3.8) is 0 Å². The summed E-state index contributed by atoms with van der Waals surface area (Å²) in [5.74, 6) is 1.90. The number of ether oxygens (including phenoxy) is 2. The fourth-order valence-corrected chi connectivity index (χ4v) is 2.10. The molecule has 2 heterocycles. The first-order valence-corrected chi connectivity index (χ1v) is 6.08. The van der Waals surface area contributed by atoms with E-state index < -0.39 is 0 Å². The minimum absolute atomic E-state index is 0.0429. The topological polar surface area (TPSA) is 47.5 Å². The number of anilines is 1. The Bertz CT molecular complexity index is 377. The normalized spacial score (nSPS) is 24.8. The van der Waals surface area contributed by atoms with E-state index in [1.54, 1.807) is 7.11 Å². The van der Waals surface area contributed by atoms with Gasteiger partial charge in [0.2, 0.25) is 5.88 Å². The van der Waals surface area contributed by atoms with Crippen LogP contribution < -0.4 is 9.64 Å². The van der Waals surface area contributed by atoms with Gasteiger partial charge in [0.1, 0.15) is 12.1 Å². The Kier molecular flexibility index (Phi) is 4.02. The minimum Gasteiger partial charge on any atom is -0.481 e. The van der Waals surface area contributed by atoms with E-state index in [0.717, 1.165) is 18.9 Å². The first-order valence-electron chi connectivity index (χ1n) is 5.55. The summed E-state index contributed by atoms with van der Waals surface area (Å²) < 4.78 is 10.8. The van der Waals surface area contributed by atoms with E-state index in [9.17, 15) is 0 Å². The monoisotopic (exact) mass is 257 g/mol. The van der Waals surface area contributed by atoms with Crippen LogP contribution in [-0.4, -0.2) is 48.3 Å². The van der Waals surface area contributed by atoms with Crippen molar-refractivity contribution in [3.05, 3.63) is 12.4 Å². The molecule has 1 aromatic heterocycles. The van der Waals surface area contributed by atoms with E-state index in [1.807, 2.05) is 13.0 Å². The molecule has 1 aliphatic heterocycles. The first kappa shape index (κ1) is 12.4. The fraction of sp³-hybridized carbons (Fsp3) is 0.636. The van der Waals surface area contributed by atoms with Gasteiger partial charge in [-0.3, -0.25) is 0 Å². The van der Waals surface area contributed by atoms with Gasteiger partial charge in [0, 0.05) is 19.2 Å². The summed E-state index contributed by atoms with van der Waals surface area (Å²) in [7, 11) is 1.59. The molecule has 5 nitrogen and oxygen atoms in total. The van der Waals surface area contributed by atoms with Gasteiger partial charge in [-0.15, -0.1) is 11.6 Å². The quantitative estimate of drug-likeness (QED) is 0.765. The van der Waals surface area contributed by atoms with E-state index in [-0.39, 0.29) is 12.2 Å². The number of methoxy groups -OCH3 is 1. The van der Waals surface area contributed by atoms with Gasteiger partial charge >= 0.3 is 0 Å². The van der Waals surface area contributed by atoms with Crippen molar-refractivity contribution < 1.29 is 9.47 Å². The predicted octanol–water partition coefficient (Wildman–Crippen LogP) is 1.32. The van der Waals surface area contributed by atoms with Gasteiger partial charge in [0.05, 0.1) is 25.2 Å². The summed E-state index contributed by atoms with van der Waals surface area (Å²) >= 11 is 5.85. The summed E-state index contributed by atoms with van der Waals surface area (Å²) in [5, 5.41) is 0. The van der Waals surface area contributed by atoms with Crippen molar-refractivity contribution in [2.45, 2.75) is 19.1 Å². The number of aromatic nitrogens is 2. The highest BCUT2D eigenvalue weighted by molar-refractivity contribution is 6.18. The maximum atomic E-state index is 5.85. The molecule has 0 radical (unpaired) electrons. The van der Waals surface area contributed by atoms with Crippen molar-refractivity contribution in [2.24, 2.45) is 0 Å². The second kappa shape index (κ2) is 5.51. The zero-order valence-electron chi connectivity index (χ0n) is 9.97. The maximum absolute atomic E-state index is 5.85. The fourth-order valence-electron chi connectivity index (χ4n) is 1.93. The number of nitrogens with zero attached hydrogens (tertiary/aromatic N) is 3. The summed E-state index contributed by atoms with van der Waals surface area (Å²) in [6, 6.07) is 1.82. The second-order valence-electron chi connectivity index (χ2n) is 4.05. The highest BCUT2D eigenvalue weighted by Gasteiger charge is 2.25. The lowest BCUT2D eigenvalue weighted by Crippen LogP contribution is -2.47. The lowest BCUT2D eigenvalue weighted by molar-refractivity contribution is -0.00359. The van der Waals surface area contributed by atoms with E-state index in [0.29, 0.717) is 11.8 Å². The van der Waals surface area contributed by atoms with Crippen molar-refractivity contribution in [1.82, 2.24) is 9.97 Å². The number of rotatable bonds is 3. The van der Waals surface area contributed by atoms with Crippen molar-refractivity contribution in [2.75, 3.05) is 31.0 Å². The highest BCUT2D eigenvalue weighted by atomic mass is 35.5. The molecule has 0 amide bonds. The molecule has 0 spiro atoms. The van der Waals surface area contributed by atoms with Crippen LogP contribution in [0.2, 0.25) is 0 Å². The van der Waals surface area contributed by atoms with Crippen LogP contribution in [0, 0.1) is 0 Å². The van der Waals surface area contributed by atoms with E-state index in [4.69, 9.17) is 21.1 Å². The number of morpholine rings is 1. The van der Waals surface area contributed by atoms with Crippen molar-refractivity contribution >= 4 is 17.4 Å². The van der Waals surface area contributed by atoms with Crippen LogP contribution in [0.4, 0.5) is 5.82 Å². The molecule has 1 fully saturated rings. The molecule has 1 aromatic rings. The molecule has 0 N–H and O–H groups in total. The molecular formula is C11H16ClN3O2. The number of alkyl halides is 1. The van der Waals surface area contributed by atoms with Gasteiger partial charge in [0.15, 0.2) is 0 Å². The van der Waals surface area contributed by atoms with Gasteiger partial charge in [-0.25, -0.2) is 9.97 Å². The van der Waals surface area contributed by atoms with Crippen LogP contribution in [0.5, 0.6) is 5.88 Å². The highest BCUT2D eigenvalue weighted by Crippen LogP contribution is 2.20. The van der Waals surface area contributed by atoms with Crippen LogP contribution in [0.1, 0.15) is 6.92 Å². The minimum atomic E-state index is 0.0429. The average Bonchev–Trinajstić information content (AvgIpc) is 2.38. The number of hydrogen-bond acceptors (Lipinski definition) is 5. The Morgan fingerprint density at radius 2 is 2.35 bits per heavy atom. The van der Waals surface area contributed by atoms with E-state index in [1.165, 1.54) is 6.33 Å². The molecule has 2 unspecified atom stereocenters. The van der Waals surface area contributed by atoms with Gasteiger partial charge < -0.3 is 14.4 Å². The zero-order chi connectivity index (χ0) is 12.3. The van der Waals surface area contributed by atoms with Crippen LogP contribution in [0.15, 0.2) is 12.4 Å². The Balaban J connectivity index is 2.14. The lowest BCUT2D eigenvalue weighted by Gasteiger charge is -2.36. The van der Waals surface area contributed by atoms with Gasteiger partial charge in [-0.2, -0.15) is 0 Å². The van der Waals surface area contributed by atoms with E-state index in [2.05, 4.69) is 14.9 Å². The number of hydrogen-bond donors (Lipinski definition) is 0. The molecule has 2 atom stereocenters. The molecule has 0 aliphatic carbocycles. The molecule has 1 saturated heterocycles. The van der Waals surface area contributed by atoms with Crippen molar-refractivity contribution in [3.8, 4) is 5.88 Å². The third-order valence-corrected chi connectivity index (χ3v) is 3.00. The summed E-state index contributed by atoms with van der Waals surface area (Å²) in [6.07, 6.45) is 1.69. The third kappa shape index (κ3) is 2.98. The SMILES string of the molecule is COc1cc(N2CC(C)OC(CCl)C2)ncn1. The summed E-state index contributed by atoms with van der Waals surface area (Å²) in [4.78, 5) is 10.4. The van der Waals surface area contributed by atoms with Crippen LogP contribution in [0.25, 0.3) is 0 Å². The summed E-state index contributed by atoms with van der Waals surface area (Å²) in [5.41, 5.74) is 0. The standard InChI is InChI=1S/C11H16ClN3O2/c1-8-5-15(6-9(4-12)17-8)10-3-11(16-2)14-7-13-10/h3,7-9H,4-6H2,1-2H3. The van der Waals surface area contributed by atoms with E-state index >= 15 is 0 Å². The van der Waals surface area contributed by atoms with Gasteiger partial charge in [-0.1, -0.05) is 0 Å². The van der Waals surface area contributed by atoms with Crippen LogP contribution >= 0.6 is 11.6 Å². The predicted molar refractivity (Wildman–Crippen MR) is 65.9 cm³/mol.